The first-order valence-electron chi connectivity index (χ1n) is 13.3. The number of aromatic nitrogens is 5. The number of fused-ring (bicyclic) bond motifs is 2. The standard InChI is InChI=1S/C30H24F2N6O3/c1-16-18-5-2-3-6-19(18)24(32)15-36(16)29(39)26-14-28(37-10-4-9-33-37)38-27(34-26)13-25(35-38)20-8-7-17(11-23(20)31)21-12-22(21)30(40)41/h2-11,13-14,16,21-22,24H,12,15H2,1H3,(H,40,41)/t16-,21-,22+,24?/m1/s1. The van der Waals surface area contributed by atoms with Gasteiger partial charge in [0.1, 0.15) is 17.7 Å². The molecule has 0 radical (unpaired) electrons. The fourth-order valence-electron chi connectivity index (χ4n) is 5.75. The fraction of sp³-hybridized carbons (Fsp3) is 0.233. The molecule has 1 amide bonds. The Bertz CT molecular complexity index is 1840. The molecule has 0 spiro atoms. The van der Waals surface area contributed by atoms with Gasteiger partial charge < -0.3 is 10.0 Å². The Morgan fingerprint density at radius 2 is 1.85 bits per heavy atom. The van der Waals surface area contributed by atoms with Gasteiger partial charge in [-0.3, -0.25) is 9.59 Å². The monoisotopic (exact) mass is 554 g/mol. The first-order chi connectivity index (χ1) is 19.8. The summed E-state index contributed by atoms with van der Waals surface area (Å²) in [6.45, 7) is 1.76. The minimum absolute atomic E-state index is 0.0807. The third-order valence-corrected chi connectivity index (χ3v) is 8.04. The molecule has 2 aromatic carbocycles. The van der Waals surface area contributed by atoms with Crippen LogP contribution in [0.25, 0.3) is 22.7 Å². The molecule has 3 aromatic heterocycles. The lowest BCUT2D eigenvalue weighted by Crippen LogP contribution is -2.40. The molecular weight excluding hydrogens is 530 g/mol. The number of hydrogen-bond acceptors (Lipinski definition) is 5. The Kier molecular flexibility index (Phi) is 5.70. The second kappa shape index (κ2) is 9.33. The Labute approximate surface area is 232 Å². The molecule has 1 N–H and O–H groups in total. The molecule has 1 aliphatic heterocycles. The van der Waals surface area contributed by atoms with Gasteiger partial charge in [-0.2, -0.15) is 14.7 Å². The van der Waals surface area contributed by atoms with E-state index in [9.17, 15) is 14.7 Å². The van der Waals surface area contributed by atoms with Gasteiger partial charge in [0.15, 0.2) is 11.5 Å². The maximum atomic E-state index is 15.3. The Balaban J connectivity index is 1.28. The number of nitrogens with zero attached hydrogens (tertiary/aromatic N) is 6. The van der Waals surface area contributed by atoms with Crippen molar-refractivity contribution >= 4 is 17.5 Å². The average molecular weight is 555 g/mol. The van der Waals surface area contributed by atoms with E-state index in [1.807, 2.05) is 19.1 Å². The summed E-state index contributed by atoms with van der Waals surface area (Å²) in [6, 6.07) is 16.3. The molecule has 1 fully saturated rings. The van der Waals surface area contributed by atoms with Gasteiger partial charge in [0.05, 0.1) is 24.2 Å². The van der Waals surface area contributed by atoms with Crippen molar-refractivity contribution < 1.29 is 23.5 Å². The first-order valence-corrected chi connectivity index (χ1v) is 13.3. The van der Waals surface area contributed by atoms with Crippen molar-refractivity contribution in [3.8, 4) is 17.1 Å². The third kappa shape index (κ3) is 4.16. The predicted octanol–water partition coefficient (Wildman–Crippen LogP) is 5.14. The molecule has 41 heavy (non-hydrogen) atoms. The molecule has 5 aromatic rings. The van der Waals surface area contributed by atoms with Crippen LogP contribution in [0.5, 0.6) is 0 Å². The summed E-state index contributed by atoms with van der Waals surface area (Å²) in [6.07, 6.45) is 2.43. The van der Waals surface area contributed by atoms with Crippen LogP contribution in [0.2, 0.25) is 0 Å². The first kappa shape index (κ1) is 25.1. The second-order valence-corrected chi connectivity index (χ2v) is 10.5. The third-order valence-electron chi connectivity index (χ3n) is 8.04. The zero-order chi connectivity index (χ0) is 28.4. The van der Waals surface area contributed by atoms with Crippen LogP contribution in [0.1, 0.15) is 58.7 Å². The van der Waals surface area contributed by atoms with Crippen LogP contribution >= 0.6 is 0 Å². The molecule has 11 heteroatoms. The summed E-state index contributed by atoms with van der Waals surface area (Å²) in [5.41, 5.74) is 2.83. The van der Waals surface area contributed by atoms with Crippen molar-refractivity contribution in [2.45, 2.75) is 31.5 Å². The van der Waals surface area contributed by atoms with Crippen molar-refractivity contribution in [3.05, 3.63) is 101 Å². The minimum atomic E-state index is -1.32. The van der Waals surface area contributed by atoms with Crippen LogP contribution in [0, 0.1) is 11.7 Å². The summed E-state index contributed by atoms with van der Waals surface area (Å²) in [7, 11) is 0. The largest absolute Gasteiger partial charge is 0.481 e. The Morgan fingerprint density at radius 1 is 1.05 bits per heavy atom. The number of carbonyl (C=O) groups excluding carboxylic acids is 1. The maximum Gasteiger partial charge on any atom is 0.307 e. The molecular formula is C30H24F2N6O3. The average Bonchev–Trinajstić information content (AvgIpc) is 3.38. The lowest BCUT2D eigenvalue weighted by Gasteiger charge is -2.36. The summed E-state index contributed by atoms with van der Waals surface area (Å²) in [5, 5.41) is 18.1. The SMILES string of the molecule is C[C@@H]1c2ccccc2C(F)CN1C(=O)c1cc(-n2cccn2)n2nc(-c3ccc([C@H]4C[C@@H]4C(=O)O)cc3F)cc2n1. The number of alkyl halides is 1. The van der Waals surface area contributed by atoms with E-state index in [0.717, 1.165) is 5.56 Å². The number of carboxylic acids is 1. The van der Waals surface area contributed by atoms with E-state index in [1.165, 1.54) is 26.2 Å². The molecule has 206 valence electrons. The number of halogens is 2. The number of rotatable bonds is 5. The van der Waals surface area contributed by atoms with E-state index in [2.05, 4.69) is 15.2 Å². The molecule has 7 rings (SSSR count). The van der Waals surface area contributed by atoms with Crippen molar-refractivity contribution in [1.82, 2.24) is 29.3 Å². The minimum Gasteiger partial charge on any atom is -0.481 e. The molecule has 0 bridgehead atoms. The van der Waals surface area contributed by atoms with Crippen molar-refractivity contribution in [2.75, 3.05) is 6.54 Å². The van der Waals surface area contributed by atoms with E-state index in [1.54, 1.807) is 48.8 Å². The zero-order valence-electron chi connectivity index (χ0n) is 21.9. The van der Waals surface area contributed by atoms with Crippen LogP contribution in [0.3, 0.4) is 0 Å². The summed E-state index contributed by atoms with van der Waals surface area (Å²) >= 11 is 0. The summed E-state index contributed by atoms with van der Waals surface area (Å²) in [5.74, 6) is -2.15. The number of carboxylic acid groups (broad SMARTS) is 1. The van der Waals surface area contributed by atoms with Gasteiger partial charge in [0, 0.05) is 30.1 Å². The highest BCUT2D eigenvalue weighted by molar-refractivity contribution is 5.94. The molecule has 9 nitrogen and oxygen atoms in total. The zero-order valence-corrected chi connectivity index (χ0v) is 21.9. The lowest BCUT2D eigenvalue weighted by atomic mass is 9.92. The normalized spacial score (nSPS) is 21.6. The molecule has 4 atom stereocenters. The molecule has 1 aliphatic carbocycles. The van der Waals surface area contributed by atoms with Crippen LogP contribution in [0.15, 0.2) is 73.1 Å². The van der Waals surface area contributed by atoms with Gasteiger partial charge in [0.2, 0.25) is 0 Å². The van der Waals surface area contributed by atoms with Crippen LogP contribution in [-0.4, -0.2) is 52.8 Å². The molecule has 0 saturated heterocycles. The Hall–Kier alpha value is -4.93. The maximum absolute atomic E-state index is 15.3. The van der Waals surface area contributed by atoms with Crippen LogP contribution < -0.4 is 0 Å². The quantitative estimate of drug-likeness (QED) is 0.323. The number of benzene rings is 2. The summed E-state index contributed by atoms with van der Waals surface area (Å²) in [4.78, 5) is 31.0. The molecule has 1 unspecified atom stereocenters. The van der Waals surface area contributed by atoms with Gasteiger partial charge in [-0.05, 0) is 54.2 Å². The van der Waals surface area contributed by atoms with Gasteiger partial charge in [-0.25, -0.2) is 18.4 Å². The number of carbonyl (C=O) groups is 2. The van der Waals surface area contributed by atoms with E-state index in [4.69, 9.17) is 0 Å². The second-order valence-electron chi connectivity index (χ2n) is 10.5. The van der Waals surface area contributed by atoms with E-state index < -0.39 is 29.8 Å². The number of hydrogen-bond donors (Lipinski definition) is 1. The van der Waals surface area contributed by atoms with E-state index in [0.29, 0.717) is 23.4 Å². The summed E-state index contributed by atoms with van der Waals surface area (Å²) < 4.78 is 33.4. The van der Waals surface area contributed by atoms with Crippen molar-refractivity contribution in [2.24, 2.45) is 5.92 Å². The Morgan fingerprint density at radius 3 is 2.56 bits per heavy atom. The predicted molar refractivity (Wildman–Crippen MR) is 144 cm³/mol. The highest BCUT2D eigenvalue weighted by Gasteiger charge is 2.44. The van der Waals surface area contributed by atoms with E-state index in [-0.39, 0.29) is 41.1 Å². The highest BCUT2D eigenvalue weighted by atomic mass is 19.1. The van der Waals surface area contributed by atoms with Gasteiger partial charge >= 0.3 is 5.97 Å². The smallest absolute Gasteiger partial charge is 0.307 e. The van der Waals surface area contributed by atoms with Crippen molar-refractivity contribution in [1.29, 1.82) is 0 Å². The highest BCUT2D eigenvalue weighted by Crippen LogP contribution is 2.48. The number of amides is 1. The van der Waals surface area contributed by atoms with Crippen LogP contribution in [0.4, 0.5) is 8.78 Å². The molecule has 4 heterocycles. The molecule has 2 aliphatic rings. The molecule has 1 saturated carbocycles. The topological polar surface area (TPSA) is 106 Å². The van der Waals surface area contributed by atoms with Crippen LogP contribution in [-0.2, 0) is 4.79 Å². The van der Waals surface area contributed by atoms with Gasteiger partial charge in [0.25, 0.3) is 5.91 Å². The van der Waals surface area contributed by atoms with Gasteiger partial charge in [-0.15, -0.1) is 0 Å². The lowest BCUT2D eigenvalue weighted by molar-refractivity contribution is -0.138. The number of aliphatic carboxylic acids is 1. The fourth-order valence-corrected chi connectivity index (χ4v) is 5.75. The van der Waals surface area contributed by atoms with E-state index >= 15 is 8.78 Å². The van der Waals surface area contributed by atoms with Crippen molar-refractivity contribution in [3.63, 3.8) is 0 Å². The van der Waals surface area contributed by atoms with Gasteiger partial charge in [-0.1, -0.05) is 30.3 Å².